The Bertz CT molecular complexity index is 667. The minimum absolute atomic E-state index is 0.130. The summed E-state index contributed by atoms with van der Waals surface area (Å²) in [6.07, 6.45) is 9.41. The molecule has 0 unspecified atom stereocenters. The molecular weight excluding hydrogens is 314 g/mol. The summed E-state index contributed by atoms with van der Waals surface area (Å²) in [4.78, 5) is 0. The van der Waals surface area contributed by atoms with Crippen molar-refractivity contribution in [3.8, 4) is 0 Å². The van der Waals surface area contributed by atoms with Gasteiger partial charge in [-0.2, -0.15) is 0 Å². The van der Waals surface area contributed by atoms with Crippen LogP contribution in [0.15, 0.2) is 42.5 Å². The van der Waals surface area contributed by atoms with Crippen molar-refractivity contribution in [2.45, 2.75) is 64.2 Å². The predicted molar refractivity (Wildman–Crippen MR) is 99.8 cm³/mol. The lowest BCUT2D eigenvalue weighted by molar-refractivity contribution is 0.304. The van der Waals surface area contributed by atoms with E-state index in [0.717, 1.165) is 17.0 Å². The fraction of sp³-hybridized carbons (Fsp3) is 0.478. The van der Waals surface area contributed by atoms with E-state index in [0.29, 0.717) is 17.9 Å². The third-order valence-electron chi connectivity index (χ3n) is 5.67. The molecule has 0 nitrogen and oxygen atoms in total. The second-order valence-corrected chi connectivity index (χ2v) is 7.51. The van der Waals surface area contributed by atoms with Crippen LogP contribution in [0.2, 0.25) is 0 Å². The van der Waals surface area contributed by atoms with E-state index in [1.54, 1.807) is 18.2 Å². The van der Waals surface area contributed by atoms with Gasteiger partial charge in [-0.15, -0.1) is 0 Å². The predicted octanol–water partition coefficient (Wildman–Crippen LogP) is 7.02. The Kier molecular flexibility index (Phi) is 6.23. The van der Waals surface area contributed by atoms with Crippen LogP contribution in [0.3, 0.4) is 0 Å². The molecule has 1 saturated carbocycles. The molecule has 0 radical (unpaired) electrons. The Labute approximate surface area is 150 Å². The van der Waals surface area contributed by atoms with E-state index >= 15 is 0 Å². The Morgan fingerprint density at radius 1 is 0.920 bits per heavy atom. The Hall–Kier alpha value is -1.70. The van der Waals surface area contributed by atoms with Crippen molar-refractivity contribution >= 4 is 0 Å². The number of unbranched alkanes of at least 4 members (excludes halogenated alkanes) is 1. The van der Waals surface area contributed by atoms with E-state index in [4.69, 9.17) is 0 Å². The third-order valence-corrected chi connectivity index (χ3v) is 5.67. The van der Waals surface area contributed by atoms with Gasteiger partial charge in [-0.25, -0.2) is 8.78 Å². The van der Waals surface area contributed by atoms with Gasteiger partial charge >= 0.3 is 0 Å². The van der Waals surface area contributed by atoms with Crippen molar-refractivity contribution in [1.82, 2.24) is 0 Å². The van der Waals surface area contributed by atoms with Crippen LogP contribution in [-0.4, -0.2) is 0 Å². The van der Waals surface area contributed by atoms with Gasteiger partial charge in [-0.05, 0) is 72.4 Å². The quantitative estimate of drug-likeness (QED) is 0.529. The average molecular weight is 342 g/mol. The summed E-state index contributed by atoms with van der Waals surface area (Å²) in [7, 11) is 0. The van der Waals surface area contributed by atoms with Gasteiger partial charge in [-0.3, -0.25) is 0 Å². The Morgan fingerprint density at radius 2 is 1.64 bits per heavy atom. The molecule has 1 aliphatic rings. The fourth-order valence-corrected chi connectivity index (χ4v) is 4.06. The summed E-state index contributed by atoms with van der Waals surface area (Å²) in [6.45, 7) is 2.25. The standard InChI is InChI=1S/C23H28F2/c1-2-3-4-17-5-9-19(10-6-17)20-11-12-21(23(25)16-20)15-18-7-13-22(24)14-8-18/h7-8,11-14,16-17,19H,2-6,9-10,15H2,1H3. The van der Waals surface area contributed by atoms with Gasteiger partial charge in [0.25, 0.3) is 0 Å². The maximum atomic E-state index is 14.5. The molecule has 0 aliphatic heterocycles. The number of halogens is 2. The molecule has 0 amide bonds. The molecule has 2 aromatic carbocycles. The van der Waals surface area contributed by atoms with Crippen molar-refractivity contribution in [2.75, 3.05) is 0 Å². The molecule has 0 heterocycles. The first kappa shape index (κ1) is 18.1. The molecule has 134 valence electrons. The van der Waals surface area contributed by atoms with E-state index in [-0.39, 0.29) is 11.6 Å². The minimum atomic E-state index is -0.255. The van der Waals surface area contributed by atoms with Crippen molar-refractivity contribution in [3.05, 3.63) is 70.8 Å². The molecule has 2 heteroatoms. The molecule has 3 rings (SSSR count). The Balaban J connectivity index is 1.61. The number of hydrogen-bond acceptors (Lipinski definition) is 0. The first-order valence-corrected chi connectivity index (χ1v) is 9.68. The van der Waals surface area contributed by atoms with Gasteiger partial charge in [-0.1, -0.05) is 50.5 Å². The minimum Gasteiger partial charge on any atom is -0.207 e. The van der Waals surface area contributed by atoms with Crippen LogP contribution in [0, 0.1) is 17.6 Å². The van der Waals surface area contributed by atoms with Gasteiger partial charge in [0.15, 0.2) is 0 Å². The van der Waals surface area contributed by atoms with Gasteiger partial charge in [0, 0.05) is 6.42 Å². The monoisotopic (exact) mass is 342 g/mol. The van der Waals surface area contributed by atoms with Crippen molar-refractivity contribution < 1.29 is 8.78 Å². The highest BCUT2D eigenvalue weighted by molar-refractivity contribution is 5.32. The van der Waals surface area contributed by atoms with E-state index in [1.165, 1.54) is 57.1 Å². The molecule has 0 aromatic heterocycles. The average Bonchev–Trinajstić information content (AvgIpc) is 2.64. The topological polar surface area (TPSA) is 0 Å². The Morgan fingerprint density at radius 3 is 2.28 bits per heavy atom. The summed E-state index contributed by atoms with van der Waals surface area (Å²) in [5.41, 5.74) is 2.77. The summed E-state index contributed by atoms with van der Waals surface area (Å²) >= 11 is 0. The van der Waals surface area contributed by atoms with Gasteiger partial charge in [0.1, 0.15) is 11.6 Å². The maximum absolute atomic E-state index is 14.5. The summed E-state index contributed by atoms with van der Waals surface area (Å²) < 4.78 is 27.5. The molecule has 0 bridgehead atoms. The summed E-state index contributed by atoms with van der Waals surface area (Å²) in [5.74, 6) is 0.995. The second kappa shape index (κ2) is 8.60. The number of benzene rings is 2. The smallest absolute Gasteiger partial charge is 0.127 e. The van der Waals surface area contributed by atoms with Gasteiger partial charge in [0.05, 0.1) is 0 Å². The molecule has 1 fully saturated rings. The van der Waals surface area contributed by atoms with Crippen LogP contribution < -0.4 is 0 Å². The number of rotatable bonds is 6. The number of hydrogen-bond donors (Lipinski definition) is 0. The SMILES string of the molecule is CCCCC1CCC(c2ccc(Cc3ccc(F)cc3)c(F)c2)CC1. The molecule has 25 heavy (non-hydrogen) atoms. The van der Waals surface area contributed by atoms with Crippen LogP contribution in [0.25, 0.3) is 0 Å². The lowest BCUT2D eigenvalue weighted by atomic mass is 9.77. The highest BCUT2D eigenvalue weighted by atomic mass is 19.1. The first-order chi connectivity index (χ1) is 12.2. The molecule has 1 aliphatic carbocycles. The van der Waals surface area contributed by atoms with Crippen molar-refractivity contribution in [3.63, 3.8) is 0 Å². The van der Waals surface area contributed by atoms with Gasteiger partial charge in [0.2, 0.25) is 0 Å². The van der Waals surface area contributed by atoms with Crippen LogP contribution in [0.1, 0.15) is 74.5 Å². The van der Waals surface area contributed by atoms with E-state index < -0.39 is 0 Å². The lowest BCUT2D eigenvalue weighted by Crippen LogP contribution is -2.13. The van der Waals surface area contributed by atoms with Crippen molar-refractivity contribution in [2.24, 2.45) is 5.92 Å². The molecule has 0 N–H and O–H groups in total. The van der Waals surface area contributed by atoms with Crippen molar-refractivity contribution in [1.29, 1.82) is 0 Å². The molecular formula is C23H28F2. The zero-order valence-corrected chi connectivity index (χ0v) is 15.1. The van der Waals surface area contributed by atoms with E-state index in [2.05, 4.69) is 13.0 Å². The largest absolute Gasteiger partial charge is 0.207 e. The maximum Gasteiger partial charge on any atom is 0.127 e. The molecule has 0 atom stereocenters. The highest BCUT2D eigenvalue weighted by Crippen LogP contribution is 2.38. The van der Waals surface area contributed by atoms with Gasteiger partial charge < -0.3 is 0 Å². The second-order valence-electron chi connectivity index (χ2n) is 7.51. The van der Waals surface area contributed by atoms with Crippen LogP contribution in [0.5, 0.6) is 0 Å². The zero-order valence-electron chi connectivity index (χ0n) is 15.1. The normalized spacial score (nSPS) is 20.6. The van der Waals surface area contributed by atoms with Crippen LogP contribution in [0.4, 0.5) is 8.78 Å². The van der Waals surface area contributed by atoms with E-state index in [9.17, 15) is 8.78 Å². The highest BCUT2D eigenvalue weighted by Gasteiger charge is 2.22. The molecule has 0 spiro atoms. The molecule has 2 aromatic rings. The van der Waals surface area contributed by atoms with Crippen LogP contribution >= 0.6 is 0 Å². The van der Waals surface area contributed by atoms with E-state index in [1.807, 2.05) is 6.07 Å². The molecule has 0 saturated heterocycles. The van der Waals surface area contributed by atoms with Crippen LogP contribution in [-0.2, 0) is 6.42 Å². The zero-order chi connectivity index (χ0) is 17.6. The lowest BCUT2D eigenvalue weighted by Gasteiger charge is -2.29. The third kappa shape index (κ3) is 4.90. The summed E-state index contributed by atoms with van der Waals surface area (Å²) in [6, 6.07) is 12.0. The summed E-state index contributed by atoms with van der Waals surface area (Å²) in [5, 5.41) is 0. The first-order valence-electron chi connectivity index (χ1n) is 9.68. The fourth-order valence-electron chi connectivity index (χ4n) is 4.06.